The summed E-state index contributed by atoms with van der Waals surface area (Å²) in [5, 5.41) is 21.2. The van der Waals surface area contributed by atoms with Gasteiger partial charge in [0.25, 0.3) is 5.89 Å². The number of likely N-dealkylation sites (tertiary alicyclic amines) is 1. The van der Waals surface area contributed by atoms with Crippen LogP contribution in [0.5, 0.6) is 5.75 Å². The number of aliphatic hydroxyl groups is 1. The van der Waals surface area contributed by atoms with Gasteiger partial charge in [0.1, 0.15) is 12.0 Å². The SMILES string of the molecule is COc1ccc2nccc([C@H](O)CC[C@@H]3CCN(CC#Cc4ncco4)C[C@H]3CCC(=O)O)c2c1. The van der Waals surface area contributed by atoms with Crippen LogP contribution in [0.25, 0.3) is 10.9 Å². The molecule has 3 atom stereocenters. The van der Waals surface area contributed by atoms with Gasteiger partial charge < -0.3 is 19.4 Å². The molecule has 3 heterocycles. The van der Waals surface area contributed by atoms with E-state index in [0.717, 1.165) is 48.1 Å². The standard InChI is InChI=1S/C27H31N3O5/c1-34-21-6-7-24-23(17-21)22(10-12-28-24)25(31)8-4-19-11-15-30(18-20(19)5-9-27(32)33)14-2-3-26-29-13-16-35-26/h6-7,10,12-13,16-17,19-20,25,31H,4-5,8-9,11,14-15,18H2,1H3,(H,32,33)/t19-,20-,25-/m1/s1. The fraction of sp³-hybridized carbons (Fsp3) is 0.444. The maximum Gasteiger partial charge on any atom is 0.303 e. The number of aliphatic hydroxyl groups excluding tert-OH is 1. The fourth-order valence-corrected chi connectivity index (χ4v) is 4.92. The summed E-state index contributed by atoms with van der Waals surface area (Å²) >= 11 is 0. The van der Waals surface area contributed by atoms with Gasteiger partial charge >= 0.3 is 5.97 Å². The van der Waals surface area contributed by atoms with Crippen molar-refractivity contribution in [2.24, 2.45) is 11.8 Å². The number of aromatic nitrogens is 2. The fourth-order valence-electron chi connectivity index (χ4n) is 4.92. The highest BCUT2D eigenvalue weighted by atomic mass is 16.5. The molecule has 1 aliphatic rings. The van der Waals surface area contributed by atoms with Gasteiger partial charge in [-0.25, -0.2) is 4.98 Å². The Hall–Kier alpha value is -3.41. The lowest BCUT2D eigenvalue weighted by atomic mass is 9.79. The average Bonchev–Trinajstić information content (AvgIpc) is 3.39. The lowest BCUT2D eigenvalue weighted by molar-refractivity contribution is -0.137. The van der Waals surface area contributed by atoms with E-state index in [1.165, 1.54) is 6.26 Å². The Bertz CT molecular complexity index is 1180. The van der Waals surface area contributed by atoms with Crippen LogP contribution in [-0.2, 0) is 4.79 Å². The van der Waals surface area contributed by atoms with Gasteiger partial charge in [-0.1, -0.05) is 5.92 Å². The molecule has 8 heteroatoms. The number of hydrogen-bond donors (Lipinski definition) is 2. The predicted octanol–water partition coefficient (Wildman–Crippen LogP) is 3.90. The number of hydrogen-bond acceptors (Lipinski definition) is 7. The average molecular weight is 478 g/mol. The van der Waals surface area contributed by atoms with Crippen LogP contribution in [0, 0.1) is 23.7 Å². The second-order valence-electron chi connectivity index (χ2n) is 8.99. The number of ether oxygens (including phenoxy) is 1. The zero-order valence-electron chi connectivity index (χ0n) is 19.9. The molecule has 0 spiro atoms. The summed E-state index contributed by atoms with van der Waals surface area (Å²) in [4.78, 5) is 21.9. The zero-order valence-corrected chi connectivity index (χ0v) is 19.9. The number of oxazole rings is 1. The molecule has 1 saturated heterocycles. The van der Waals surface area contributed by atoms with Gasteiger partial charge in [-0.2, -0.15) is 0 Å². The monoisotopic (exact) mass is 477 g/mol. The highest BCUT2D eigenvalue weighted by Crippen LogP contribution is 2.35. The van der Waals surface area contributed by atoms with Crippen LogP contribution in [0.3, 0.4) is 0 Å². The van der Waals surface area contributed by atoms with E-state index >= 15 is 0 Å². The molecule has 4 rings (SSSR count). The zero-order chi connectivity index (χ0) is 24.6. The molecule has 0 amide bonds. The minimum absolute atomic E-state index is 0.147. The number of nitrogens with zero attached hydrogens (tertiary/aromatic N) is 3. The molecule has 1 aromatic carbocycles. The Morgan fingerprint density at radius 3 is 2.91 bits per heavy atom. The number of rotatable bonds is 9. The molecule has 1 aliphatic heterocycles. The van der Waals surface area contributed by atoms with Crippen LogP contribution in [0.15, 0.2) is 47.3 Å². The molecule has 0 bridgehead atoms. The molecule has 0 radical (unpaired) electrons. The quantitative estimate of drug-likeness (QED) is 0.447. The Labute approximate surface area is 204 Å². The Balaban J connectivity index is 1.39. The third kappa shape index (κ3) is 6.59. The minimum atomic E-state index is -0.776. The number of carboxylic acid groups (broad SMARTS) is 1. The first-order valence-electron chi connectivity index (χ1n) is 12.0. The molecule has 0 unspecified atom stereocenters. The smallest absolute Gasteiger partial charge is 0.303 e. The Morgan fingerprint density at radius 1 is 1.26 bits per heavy atom. The summed E-state index contributed by atoms with van der Waals surface area (Å²) in [5.74, 6) is 6.96. The van der Waals surface area contributed by atoms with Crippen LogP contribution in [0.2, 0.25) is 0 Å². The molecule has 2 N–H and O–H groups in total. The summed E-state index contributed by atoms with van der Waals surface area (Å²) in [6, 6.07) is 7.53. The maximum atomic E-state index is 11.3. The van der Waals surface area contributed by atoms with E-state index in [0.29, 0.717) is 31.2 Å². The highest BCUT2D eigenvalue weighted by molar-refractivity contribution is 5.83. The topological polar surface area (TPSA) is 109 Å². The van der Waals surface area contributed by atoms with E-state index in [1.54, 1.807) is 19.5 Å². The molecule has 0 saturated carbocycles. The second kappa shape index (κ2) is 11.8. The van der Waals surface area contributed by atoms with Crippen molar-refractivity contribution in [3.8, 4) is 17.6 Å². The number of benzene rings is 1. The van der Waals surface area contributed by atoms with Crippen molar-refractivity contribution in [3.05, 3.63) is 54.4 Å². The number of pyridine rings is 1. The lowest BCUT2D eigenvalue weighted by Crippen LogP contribution is -2.41. The van der Waals surface area contributed by atoms with Gasteiger partial charge in [0, 0.05) is 24.5 Å². The summed E-state index contributed by atoms with van der Waals surface area (Å²) in [6.45, 7) is 2.27. The van der Waals surface area contributed by atoms with Crippen molar-refractivity contribution >= 4 is 16.9 Å². The van der Waals surface area contributed by atoms with Crippen molar-refractivity contribution in [2.75, 3.05) is 26.7 Å². The van der Waals surface area contributed by atoms with Crippen molar-refractivity contribution in [3.63, 3.8) is 0 Å². The van der Waals surface area contributed by atoms with Crippen molar-refractivity contribution in [1.82, 2.24) is 14.9 Å². The molecule has 1 fully saturated rings. The summed E-state index contributed by atoms with van der Waals surface area (Å²) in [7, 11) is 1.62. The normalized spacial score (nSPS) is 19.1. The second-order valence-corrected chi connectivity index (χ2v) is 8.99. The largest absolute Gasteiger partial charge is 0.497 e. The van der Waals surface area contributed by atoms with E-state index in [4.69, 9.17) is 9.15 Å². The van der Waals surface area contributed by atoms with E-state index in [2.05, 4.69) is 26.7 Å². The molecular weight excluding hydrogens is 446 g/mol. The van der Waals surface area contributed by atoms with E-state index in [9.17, 15) is 15.0 Å². The van der Waals surface area contributed by atoms with E-state index < -0.39 is 12.1 Å². The number of carboxylic acids is 1. The Morgan fingerprint density at radius 2 is 2.14 bits per heavy atom. The van der Waals surface area contributed by atoms with Crippen LogP contribution < -0.4 is 4.74 Å². The first-order chi connectivity index (χ1) is 17.0. The summed E-state index contributed by atoms with van der Waals surface area (Å²) < 4.78 is 10.5. The number of aliphatic carboxylic acids is 1. The highest BCUT2D eigenvalue weighted by Gasteiger charge is 2.30. The number of fused-ring (bicyclic) bond motifs is 1. The molecule has 0 aliphatic carbocycles. The maximum absolute atomic E-state index is 11.3. The molecule has 35 heavy (non-hydrogen) atoms. The van der Waals surface area contributed by atoms with Crippen LogP contribution in [0.4, 0.5) is 0 Å². The van der Waals surface area contributed by atoms with Gasteiger partial charge in [-0.15, -0.1) is 0 Å². The first kappa shape index (κ1) is 24.7. The van der Waals surface area contributed by atoms with Gasteiger partial charge in [0.15, 0.2) is 0 Å². The van der Waals surface area contributed by atoms with Crippen molar-refractivity contribution in [2.45, 2.75) is 38.2 Å². The van der Waals surface area contributed by atoms with E-state index in [-0.39, 0.29) is 12.3 Å². The third-order valence-electron chi connectivity index (χ3n) is 6.79. The third-order valence-corrected chi connectivity index (χ3v) is 6.79. The minimum Gasteiger partial charge on any atom is -0.497 e. The van der Waals surface area contributed by atoms with Gasteiger partial charge in [0.05, 0.1) is 31.5 Å². The van der Waals surface area contributed by atoms with Crippen LogP contribution in [0.1, 0.15) is 49.7 Å². The molecule has 8 nitrogen and oxygen atoms in total. The van der Waals surface area contributed by atoms with Crippen molar-refractivity contribution < 1.29 is 24.2 Å². The van der Waals surface area contributed by atoms with Crippen LogP contribution >= 0.6 is 0 Å². The van der Waals surface area contributed by atoms with Gasteiger partial charge in [-0.05, 0) is 79.8 Å². The molecule has 2 aromatic heterocycles. The lowest BCUT2D eigenvalue weighted by Gasteiger charge is -2.38. The van der Waals surface area contributed by atoms with Crippen molar-refractivity contribution in [1.29, 1.82) is 0 Å². The predicted molar refractivity (Wildman–Crippen MR) is 131 cm³/mol. The van der Waals surface area contributed by atoms with Gasteiger partial charge in [0.2, 0.25) is 0 Å². The van der Waals surface area contributed by atoms with E-state index in [1.807, 2.05) is 24.3 Å². The number of piperidine rings is 1. The number of methoxy groups -OCH3 is 1. The molecule has 184 valence electrons. The summed E-state index contributed by atoms with van der Waals surface area (Å²) in [5.41, 5.74) is 1.66. The number of carbonyl (C=O) groups is 1. The first-order valence-corrected chi connectivity index (χ1v) is 12.0. The molecular formula is C27H31N3O5. The molecule has 3 aromatic rings. The van der Waals surface area contributed by atoms with Gasteiger partial charge in [-0.3, -0.25) is 14.7 Å². The Kier molecular flexibility index (Phi) is 8.35. The summed E-state index contributed by atoms with van der Waals surface area (Å²) in [6.07, 6.45) is 7.31. The van der Waals surface area contributed by atoms with Crippen LogP contribution in [-0.4, -0.2) is 57.8 Å².